The molecule has 0 aromatic rings. The average molecular weight is 182 g/mol. The van der Waals surface area contributed by atoms with Crippen molar-refractivity contribution in [2.75, 3.05) is 0 Å². The van der Waals surface area contributed by atoms with Gasteiger partial charge in [0.15, 0.2) is 0 Å². The zero-order chi connectivity index (χ0) is 9.84. The lowest BCUT2D eigenvalue weighted by molar-refractivity contribution is -0.130. The van der Waals surface area contributed by atoms with E-state index in [9.17, 15) is 4.79 Å². The van der Waals surface area contributed by atoms with Crippen molar-refractivity contribution in [3.8, 4) is 0 Å². The molecule has 0 radical (unpaired) electrons. The first kappa shape index (κ1) is 10.7. The smallest absolute Gasteiger partial charge is 0.138 e. The summed E-state index contributed by atoms with van der Waals surface area (Å²) in [5.74, 6) is 2.03. The summed E-state index contributed by atoms with van der Waals surface area (Å²) in [5, 5.41) is 0. The molecule has 0 N–H and O–H groups in total. The molecule has 0 unspecified atom stereocenters. The molecule has 0 amide bonds. The summed E-state index contributed by atoms with van der Waals surface area (Å²) in [6.07, 6.45) is 6.33. The number of carbonyl (C=O) groups excluding carboxylic acids is 1. The lowest BCUT2D eigenvalue weighted by Crippen LogP contribution is -2.32. The SMILES string of the molecule is CCCCC1CC(C(=O)C(C)C)C1. The van der Waals surface area contributed by atoms with Crippen LogP contribution in [0.25, 0.3) is 0 Å². The van der Waals surface area contributed by atoms with Gasteiger partial charge in [0.05, 0.1) is 0 Å². The molecule has 13 heavy (non-hydrogen) atoms. The molecule has 0 bridgehead atoms. The number of hydrogen-bond donors (Lipinski definition) is 0. The standard InChI is InChI=1S/C12H22O/c1-4-5-6-10-7-11(8-10)12(13)9(2)3/h9-11H,4-8H2,1-3H3. The van der Waals surface area contributed by atoms with Gasteiger partial charge >= 0.3 is 0 Å². The molecule has 0 aromatic heterocycles. The Morgan fingerprint density at radius 3 is 2.46 bits per heavy atom. The minimum Gasteiger partial charge on any atom is -0.299 e. The second-order valence-electron chi connectivity index (χ2n) is 4.73. The van der Waals surface area contributed by atoms with E-state index in [0.29, 0.717) is 11.7 Å². The highest BCUT2D eigenvalue weighted by atomic mass is 16.1. The van der Waals surface area contributed by atoms with Gasteiger partial charge in [-0.05, 0) is 18.8 Å². The van der Waals surface area contributed by atoms with Crippen molar-refractivity contribution in [2.45, 2.75) is 52.9 Å². The zero-order valence-electron chi connectivity index (χ0n) is 9.18. The van der Waals surface area contributed by atoms with Crippen LogP contribution in [0.4, 0.5) is 0 Å². The zero-order valence-corrected chi connectivity index (χ0v) is 9.18. The Morgan fingerprint density at radius 2 is 2.00 bits per heavy atom. The molecule has 1 aliphatic carbocycles. The van der Waals surface area contributed by atoms with E-state index in [1.165, 1.54) is 32.1 Å². The van der Waals surface area contributed by atoms with Gasteiger partial charge in [0.1, 0.15) is 5.78 Å². The van der Waals surface area contributed by atoms with Gasteiger partial charge in [-0.2, -0.15) is 0 Å². The predicted octanol–water partition coefficient (Wildman–Crippen LogP) is 3.43. The monoisotopic (exact) mass is 182 g/mol. The molecule has 1 nitrogen and oxygen atoms in total. The van der Waals surface area contributed by atoms with Crippen LogP contribution in [0.5, 0.6) is 0 Å². The van der Waals surface area contributed by atoms with Crippen molar-refractivity contribution < 1.29 is 4.79 Å². The van der Waals surface area contributed by atoms with E-state index < -0.39 is 0 Å². The maximum atomic E-state index is 11.5. The Kier molecular flexibility index (Phi) is 3.95. The van der Waals surface area contributed by atoms with Gasteiger partial charge in [-0.1, -0.05) is 40.0 Å². The quantitative estimate of drug-likeness (QED) is 0.636. The predicted molar refractivity (Wildman–Crippen MR) is 55.6 cm³/mol. The van der Waals surface area contributed by atoms with Crippen LogP contribution >= 0.6 is 0 Å². The van der Waals surface area contributed by atoms with Crippen LogP contribution in [0, 0.1) is 17.8 Å². The molecule has 76 valence electrons. The molecule has 1 aliphatic rings. The second kappa shape index (κ2) is 4.78. The van der Waals surface area contributed by atoms with Crippen molar-refractivity contribution in [1.29, 1.82) is 0 Å². The third-order valence-electron chi connectivity index (χ3n) is 3.17. The number of Topliss-reactive ketones (excluding diaryl/α,β-unsaturated/α-hetero) is 1. The van der Waals surface area contributed by atoms with Crippen molar-refractivity contribution in [2.24, 2.45) is 17.8 Å². The van der Waals surface area contributed by atoms with Crippen LogP contribution in [0.15, 0.2) is 0 Å². The van der Waals surface area contributed by atoms with Crippen LogP contribution < -0.4 is 0 Å². The molecule has 0 atom stereocenters. The number of rotatable bonds is 5. The van der Waals surface area contributed by atoms with Gasteiger partial charge in [-0.25, -0.2) is 0 Å². The third-order valence-corrected chi connectivity index (χ3v) is 3.17. The first-order chi connectivity index (χ1) is 6.15. The van der Waals surface area contributed by atoms with Gasteiger partial charge in [0.25, 0.3) is 0 Å². The van der Waals surface area contributed by atoms with E-state index in [4.69, 9.17) is 0 Å². The van der Waals surface area contributed by atoms with E-state index in [0.717, 1.165) is 5.92 Å². The first-order valence-corrected chi connectivity index (χ1v) is 5.68. The molecular formula is C12H22O. The van der Waals surface area contributed by atoms with E-state index in [2.05, 4.69) is 6.92 Å². The topological polar surface area (TPSA) is 17.1 Å². The fourth-order valence-electron chi connectivity index (χ4n) is 2.17. The maximum Gasteiger partial charge on any atom is 0.138 e. The minimum absolute atomic E-state index is 0.247. The summed E-state index contributed by atoms with van der Waals surface area (Å²) in [5.41, 5.74) is 0. The van der Waals surface area contributed by atoms with Gasteiger partial charge in [-0.3, -0.25) is 4.79 Å². The average Bonchev–Trinajstić information content (AvgIpc) is 2.01. The van der Waals surface area contributed by atoms with Gasteiger partial charge in [0.2, 0.25) is 0 Å². The first-order valence-electron chi connectivity index (χ1n) is 5.68. The number of unbranched alkanes of at least 4 members (excludes halogenated alkanes) is 1. The summed E-state index contributed by atoms with van der Waals surface area (Å²) in [4.78, 5) is 11.5. The number of hydrogen-bond acceptors (Lipinski definition) is 1. The molecule has 1 saturated carbocycles. The molecule has 1 fully saturated rings. The van der Waals surface area contributed by atoms with E-state index in [1.807, 2.05) is 13.8 Å². The van der Waals surface area contributed by atoms with Gasteiger partial charge in [0, 0.05) is 11.8 Å². The van der Waals surface area contributed by atoms with Crippen LogP contribution in [0.2, 0.25) is 0 Å². The molecule has 0 aliphatic heterocycles. The van der Waals surface area contributed by atoms with Crippen LogP contribution in [-0.2, 0) is 4.79 Å². The highest BCUT2D eigenvalue weighted by Gasteiger charge is 2.34. The van der Waals surface area contributed by atoms with Gasteiger partial charge in [-0.15, -0.1) is 0 Å². The molecular weight excluding hydrogens is 160 g/mol. The van der Waals surface area contributed by atoms with Crippen LogP contribution in [0.1, 0.15) is 52.9 Å². The van der Waals surface area contributed by atoms with Crippen molar-refractivity contribution in [3.63, 3.8) is 0 Å². The lowest BCUT2D eigenvalue weighted by atomic mass is 9.69. The summed E-state index contributed by atoms with van der Waals surface area (Å²) >= 11 is 0. The summed E-state index contributed by atoms with van der Waals surface area (Å²) in [7, 11) is 0. The Hall–Kier alpha value is -0.330. The Balaban J connectivity index is 2.14. The van der Waals surface area contributed by atoms with Crippen molar-refractivity contribution in [1.82, 2.24) is 0 Å². The van der Waals surface area contributed by atoms with Crippen LogP contribution in [0.3, 0.4) is 0 Å². The summed E-state index contributed by atoms with van der Waals surface area (Å²) in [6, 6.07) is 0. The highest BCUT2D eigenvalue weighted by Crippen LogP contribution is 2.38. The third kappa shape index (κ3) is 2.82. The van der Waals surface area contributed by atoms with Crippen molar-refractivity contribution >= 4 is 5.78 Å². The molecule has 0 aromatic carbocycles. The lowest BCUT2D eigenvalue weighted by Gasteiger charge is -2.35. The molecule has 0 saturated heterocycles. The Labute approximate surface area is 81.9 Å². The Morgan fingerprint density at radius 1 is 1.38 bits per heavy atom. The fraction of sp³-hybridized carbons (Fsp3) is 0.917. The highest BCUT2D eigenvalue weighted by molar-refractivity contribution is 5.83. The van der Waals surface area contributed by atoms with Crippen molar-refractivity contribution in [3.05, 3.63) is 0 Å². The van der Waals surface area contributed by atoms with E-state index in [-0.39, 0.29) is 5.92 Å². The largest absolute Gasteiger partial charge is 0.299 e. The molecule has 1 heteroatoms. The Bertz CT molecular complexity index is 166. The summed E-state index contributed by atoms with van der Waals surface area (Å²) < 4.78 is 0. The maximum absolute atomic E-state index is 11.5. The van der Waals surface area contributed by atoms with E-state index in [1.54, 1.807) is 0 Å². The van der Waals surface area contributed by atoms with E-state index >= 15 is 0 Å². The second-order valence-corrected chi connectivity index (χ2v) is 4.73. The molecule has 0 spiro atoms. The number of ketones is 1. The van der Waals surface area contributed by atoms with Crippen LogP contribution in [-0.4, -0.2) is 5.78 Å². The molecule has 1 rings (SSSR count). The minimum atomic E-state index is 0.247. The van der Waals surface area contributed by atoms with Gasteiger partial charge < -0.3 is 0 Å². The fourth-order valence-corrected chi connectivity index (χ4v) is 2.17. The summed E-state index contributed by atoms with van der Waals surface area (Å²) in [6.45, 7) is 6.26. The normalized spacial score (nSPS) is 27.4. The number of carbonyl (C=O) groups is 1. The molecule has 0 heterocycles.